The lowest BCUT2D eigenvalue weighted by molar-refractivity contribution is -0.138. The van der Waals surface area contributed by atoms with E-state index in [2.05, 4.69) is 10.2 Å². The van der Waals surface area contributed by atoms with Crippen LogP contribution in [-0.2, 0) is 9.59 Å². The Kier molecular flexibility index (Phi) is 5.33. The number of hydrogen-bond acceptors (Lipinski definition) is 6. The van der Waals surface area contributed by atoms with Crippen molar-refractivity contribution < 1.29 is 19.8 Å². The van der Waals surface area contributed by atoms with Crippen LogP contribution < -0.4 is 4.90 Å². The number of carbonyl (C=O) groups is 2. The topological polar surface area (TPSA) is 103 Å². The standard InChI is InChI=1S/C18H15N3O4S/c22-14-8-6-13(7-9-14)21-17(25)15(10-16(23)24)26-18(21)20-19-11-12-4-2-1-3-5-12/h1-9,11,15,22H,10H2,(H,23,24)/b19-11+,20-18+/t15-/m0/s1. The number of anilines is 1. The van der Waals surface area contributed by atoms with E-state index in [1.807, 2.05) is 30.3 Å². The Balaban J connectivity index is 1.90. The van der Waals surface area contributed by atoms with Gasteiger partial charge in [0.2, 0.25) is 5.91 Å². The van der Waals surface area contributed by atoms with Gasteiger partial charge in [0.1, 0.15) is 11.0 Å². The van der Waals surface area contributed by atoms with Crippen molar-refractivity contribution in [3.63, 3.8) is 0 Å². The normalized spacial score (nSPS) is 18.8. The Morgan fingerprint density at radius 3 is 2.50 bits per heavy atom. The zero-order valence-electron chi connectivity index (χ0n) is 13.5. The molecule has 1 atom stereocenters. The van der Waals surface area contributed by atoms with Crippen LogP contribution in [0.1, 0.15) is 12.0 Å². The van der Waals surface area contributed by atoms with Crippen LogP contribution in [0, 0.1) is 0 Å². The molecule has 1 saturated heterocycles. The van der Waals surface area contributed by atoms with Crippen molar-refractivity contribution in [3.8, 4) is 5.75 Å². The van der Waals surface area contributed by atoms with E-state index in [0.29, 0.717) is 10.9 Å². The van der Waals surface area contributed by atoms with E-state index < -0.39 is 11.2 Å². The smallest absolute Gasteiger partial charge is 0.305 e. The maximum atomic E-state index is 12.6. The van der Waals surface area contributed by atoms with Crippen LogP contribution >= 0.6 is 11.8 Å². The molecule has 0 unspecified atom stereocenters. The summed E-state index contributed by atoms with van der Waals surface area (Å²) in [5, 5.41) is 26.1. The lowest BCUT2D eigenvalue weighted by Crippen LogP contribution is -2.32. The van der Waals surface area contributed by atoms with E-state index in [9.17, 15) is 14.7 Å². The number of hydrogen-bond donors (Lipinski definition) is 2. The summed E-state index contributed by atoms with van der Waals surface area (Å²) in [5.41, 5.74) is 1.34. The van der Waals surface area contributed by atoms with Gasteiger partial charge in [-0.25, -0.2) is 0 Å². The van der Waals surface area contributed by atoms with Gasteiger partial charge in [-0.1, -0.05) is 42.1 Å². The fraction of sp³-hybridized carbons (Fsp3) is 0.111. The predicted octanol–water partition coefficient (Wildman–Crippen LogP) is 2.71. The van der Waals surface area contributed by atoms with Gasteiger partial charge >= 0.3 is 5.97 Å². The third-order valence-electron chi connectivity index (χ3n) is 3.55. The van der Waals surface area contributed by atoms with Crippen molar-refractivity contribution in [2.24, 2.45) is 10.2 Å². The highest BCUT2D eigenvalue weighted by Gasteiger charge is 2.40. The number of nitrogens with zero attached hydrogens (tertiary/aromatic N) is 3. The fourth-order valence-electron chi connectivity index (χ4n) is 2.35. The number of phenolic OH excluding ortho intramolecular Hbond substituents is 1. The van der Waals surface area contributed by atoms with Gasteiger partial charge in [0.25, 0.3) is 0 Å². The molecule has 0 aliphatic carbocycles. The van der Waals surface area contributed by atoms with Gasteiger partial charge in [0, 0.05) is 0 Å². The van der Waals surface area contributed by atoms with E-state index in [-0.39, 0.29) is 18.1 Å². The molecule has 2 N–H and O–H groups in total. The number of phenols is 1. The van der Waals surface area contributed by atoms with Crippen LogP contribution in [0.4, 0.5) is 5.69 Å². The highest BCUT2D eigenvalue weighted by molar-refractivity contribution is 8.16. The summed E-state index contributed by atoms with van der Waals surface area (Å²) in [5.74, 6) is -1.37. The molecule has 26 heavy (non-hydrogen) atoms. The summed E-state index contributed by atoms with van der Waals surface area (Å²) in [6, 6.07) is 15.4. The third-order valence-corrected chi connectivity index (χ3v) is 4.68. The number of carboxylic acids is 1. The number of amides is 1. The first-order chi connectivity index (χ1) is 12.5. The first kappa shape index (κ1) is 17.7. The van der Waals surface area contributed by atoms with Crippen LogP contribution in [0.15, 0.2) is 64.8 Å². The molecule has 1 amide bonds. The quantitative estimate of drug-likeness (QED) is 0.623. The van der Waals surface area contributed by atoms with Gasteiger partial charge in [0.15, 0.2) is 5.17 Å². The summed E-state index contributed by atoms with van der Waals surface area (Å²) in [4.78, 5) is 24.9. The summed E-state index contributed by atoms with van der Waals surface area (Å²) in [6.07, 6.45) is 1.25. The van der Waals surface area contributed by atoms with E-state index >= 15 is 0 Å². The van der Waals surface area contributed by atoms with Crippen molar-refractivity contribution in [2.45, 2.75) is 11.7 Å². The number of carboxylic acid groups (broad SMARTS) is 1. The summed E-state index contributed by atoms with van der Waals surface area (Å²) in [6.45, 7) is 0. The maximum absolute atomic E-state index is 12.6. The molecule has 0 radical (unpaired) electrons. The van der Waals surface area contributed by atoms with Gasteiger partial charge in [-0.3, -0.25) is 14.5 Å². The predicted molar refractivity (Wildman–Crippen MR) is 101 cm³/mol. The molecule has 0 spiro atoms. The Morgan fingerprint density at radius 2 is 1.85 bits per heavy atom. The van der Waals surface area contributed by atoms with Crippen LogP contribution in [0.5, 0.6) is 5.75 Å². The second-order valence-corrected chi connectivity index (χ2v) is 6.60. The Labute approximate surface area is 153 Å². The third kappa shape index (κ3) is 4.09. The average molecular weight is 369 g/mol. The number of benzene rings is 2. The average Bonchev–Trinajstić information content (AvgIpc) is 2.92. The van der Waals surface area contributed by atoms with Crippen LogP contribution in [-0.4, -0.2) is 38.7 Å². The van der Waals surface area contributed by atoms with Gasteiger partial charge in [-0.2, -0.15) is 5.10 Å². The second kappa shape index (κ2) is 7.83. The van der Waals surface area contributed by atoms with E-state index in [1.54, 1.807) is 18.3 Å². The minimum atomic E-state index is -1.06. The van der Waals surface area contributed by atoms with Crippen LogP contribution in [0.2, 0.25) is 0 Å². The number of carbonyl (C=O) groups excluding carboxylic acids is 1. The highest BCUT2D eigenvalue weighted by atomic mass is 32.2. The molecule has 2 aromatic carbocycles. The zero-order chi connectivity index (χ0) is 18.5. The molecular weight excluding hydrogens is 354 g/mol. The molecular formula is C18H15N3O4S. The molecule has 0 aromatic heterocycles. The van der Waals surface area contributed by atoms with Crippen molar-refractivity contribution in [1.82, 2.24) is 0 Å². The maximum Gasteiger partial charge on any atom is 0.305 e. The number of aromatic hydroxyl groups is 1. The number of aliphatic carboxylic acids is 1. The lowest BCUT2D eigenvalue weighted by atomic mass is 10.2. The summed E-state index contributed by atoms with van der Waals surface area (Å²) < 4.78 is 0. The molecule has 3 rings (SSSR count). The first-order valence-corrected chi connectivity index (χ1v) is 8.60. The molecule has 1 heterocycles. The second-order valence-electron chi connectivity index (χ2n) is 5.43. The van der Waals surface area contributed by atoms with Crippen LogP contribution in [0.25, 0.3) is 0 Å². The largest absolute Gasteiger partial charge is 0.508 e. The van der Waals surface area contributed by atoms with Crippen molar-refractivity contribution in [1.29, 1.82) is 0 Å². The first-order valence-electron chi connectivity index (χ1n) is 7.72. The molecule has 132 valence electrons. The zero-order valence-corrected chi connectivity index (χ0v) is 14.3. The van der Waals surface area contributed by atoms with Gasteiger partial charge in [-0.05, 0) is 29.8 Å². The van der Waals surface area contributed by atoms with Crippen molar-refractivity contribution in [2.75, 3.05) is 4.90 Å². The molecule has 7 nitrogen and oxygen atoms in total. The molecule has 1 aliphatic rings. The molecule has 1 fully saturated rings. The minimum absolute atomic E-state index is 0.0655. The minimum Gasteiger partial charge on any atom is -0.508 e. The molecule has 1 aliphatic heterocycles. The number of thioether (sulfide) groups is 1. The fourth-order valence-corrected chi connectivity index (χ4v) is 3.43. The van der Waals surface area contributed by atoms with Crippen LogP contribution in [0.3, 0.4) is 0 Å². The van der Waals surface area contributed by atoms with Crippen molar-refractivity contribution in [3.05, 3.63) is 60.2 Å². The molecule has 0 saturated carbocycles. The molecule has 0 bridgehead atoms. The Bertz CT molecular complexity index is 866. The van der Waals surface area contributed by atoms with E-state index in [0.717, 1.165) is 17.3 Å². The Hall–Kier alpha value is -3.13. The molecule has 2 aromatic rings. The summed E-state index contributed by atoms with van der Waals surface area (Å²) >= 11 is 1.06. The number of rotatable bonds is 5. The Morgan fingerprint density at radius 1 is 1.15 bits per heavy atom. The monoisotopic (exact) mass is 369 g/mol. The van der Waals surface area contributed by atoms with Gasteiger partial charge in [0.05, 0.1) is 18.3 Å². The molecule has 8 heteroatoms. The SMILES string of the molecule is O=C(O)C[C@@H]1S/C(=N/N=C/c2ccccc2)N(c2ccc(O)cc2)C1=O. The van der Waals surface area contributed by atoms with Crippen molar-refractivity contribution >= 4 is 40.7 Å². The van der Waals surface area contributed by atoms with E-state index in [1.165, 1.54) is 17.0 Å². The van der Waals surface area contributed by atoms with E-state index in [4.69, 9.17) is 5.11 Å². The van der Waals surface area contributed by atoms with Gasteiger partial charge in [-0.15, -0.1) is 5.10 Å². The van der Waals surface area contributed by atoms with Gasteiger partial charge < -0.3 is 10.2 Å². The number of amidine groups is 1. The summed E-state index contributed by atoms with van der Waals surface area (Å²) in [7, 11) is 0. The highest BCUT2D eigenvalue weighted by Crippen LogP contribution is 2.34. The lowest BCUT2D eigenvalue weighted by Gasteiger charge is -2.15.